The third-order valence-electron chi connectivity index (χ3n) is 7.43. The smallest absolute Gasteiger partial charge is 0.405 e. The average Bonchev–Trinajstić information content (AvgIpc) is 3.40. The summed E-state index contributed by atoms with van der Waals surface area (Å²) in [5.74, 6) is 0.138. The summed E-state index contributed by atoms with van der Waals surface area (Å²) in [7, 11) is 3.24. The van der Waals surface area contributed by atoms with Crippen molar-refractivity contribution in [1.82, 2.24) is 24.8 Å². The van der Waals surface area contributed by atoms with E-state index in [0.29, 0.717) is 11.7 Å². The molecule has 2 heterocycles. The van der Waals surface area contributed by atoms with Gasteiger partial charge in [-0.15, -0.1) is 0 Å². The number of hydrogen-bond donors (Lipinski definition) is 4. The molecule has 4 aromatic rings. The Morgan fingerprint density at radius 3 is 2.51 bits per heavy atom. The zero-order chi connectivity index (χ0) is 32.6. The number of anilines is 1. The van der Waals surface area contributed by atoms with Crippen LogP contribution >= 0.6 is 0 Å². The van der Waals surface area contributed by atoms with Crippen molar-refractivity contribution in [1.29, 1.82) is 0 Å². The molecule has 1 atom stereocenters. The van der Waals surface area contributed by atoms with Crippen LogP contribution in [0, 0.1) is 5.92 Å². The number of carbonyl (C=O) groups excluding carboxylic acids is 2. The van der Waals surface area contributed by atoms with E-state index in [-0.39, 0.29) is 37.4 Å². The number of carboxylic acid groups (broad SMARTS) is 1. The summed E-state index contributed by atoms with van der Waals surface area (Å²) in [5, 5.41) is 14.9. The Morgan fingerprint density at radius 2 is 1.82 bits per heavy atom. The lowest BCUT2D eigenvalue weighted by atomic mass is 9.85. The molecule has 0 saturated heterocycles. The van der Waals surface area contributed by atoms with E-state index in [2.05, 4.69) is 35.5 Å². The van der Waals surface area contributed by atoms with Crippen LogP contribution in [0.1, 0.15) is 43.6 Å². The van der Waals surface area contributed by atoms with Crippen molar-refractivity contribution in [2.24, 2.45) is 5.92 Å². The number of para-hydroxylation sites is 1. The molecule has 11 heteroatoms. The highest BCUT2D eigenvalue weighted by molar-refractivity contribution is 6.00. The van der Waals surface area contributed by atoms with E-state index in [1.54, 1.807) is 56.7 Å². The number of aromatic nitrogens is 3. The third-order valence-corrected chi connectivity index (χ3v) is 7.43. The first-order valence-electron chi connectivity index (χ1n) is 14.9. The number of hydrogen-bond acceptors (Lipinski definition) is 5. The van der Waals surface area contributed by atoms with E-state index < -0.39 is 23.1 Å². The first-order chi connectivity index (χ1) is 21.5. The fourth-order valence-electron chi connectivity index (χ4n) is 5.24. The number of amides is 3. The maximum absolute atomic E-state index is 14.0. The van der Waals surface area contributed by atoms with Gasteiger partial charge in [-0.25, -0.2) is 9.78 Å². The van der Waals surface area contributed by atoms with Crippen LogP contribution in [0.5, 0.6) is 0 Å². The fourth-order valence-corrected chi connectivity index (χ4v) is 5.24. The number of nitrogens with one attached hydrogen (secondary N) is 3. The molecule has 3 amide bonds. The van der Waals surface area contributed by atoms with E-state index in [9.17, 15) is 24.3 Å². The van der Waals surface area contributed by atoms with Gasteiger partial charge in [0.2, 0.25) is 5.91 Å². The minimum absolute atomic E-state index is 0.00191. The van der Waals surface area contributed by atoms with E-state index >= 15 is 0 Å². The highest BCUT2D eigenvalue weighted by Gasteiger charge is 2.40. The molecule has 0 saturated carbocycles. The zero-order valence-electron chi connectivity index (χ0n) is 26.0. The van der Waals surface area contributed by atoms with Gasteiger partial charge < -0.3 is 30.2 Å². The number of likely N-dealkylation sites (N-methyl/N-ethyl adjacent to an activating group) is 1. The van der Waals surface area contributed by atoms with Gasteiger partial charge in [-0.2, -0.15) is 0 Å². The first-order valence-corrected chi connectivity index (χ1v) is 14.9. The quantitative estimate of drug-likeness (QED) is 0.162. The second-order valence-electron chi connectivity index (χ2n) is 11.8. The normalized spacial score (nSPS) is 12.7. The number of nitrogens with zero attached hydrogens (tertiary/aromatic N) is 3. The highest BCUT2D eigenvalue weighted by atomic mass is 16.4. The van der Waals surface area contributed by atoms with Crippen molar-refractivity contribution in [3.8, 4) is 0 Å². The molecule has 0 aliphatic carbocycles. The summed E-state index contributed by atoms with van der Waals surface area (Å²) in [4.78, 5) is 61.1. The second-order valence-corrected chi connectivity index (χ2v) is 11.8. The molecule has 45 heavy (non-hydrogen) atoms. The number of carbonyl (C=O) groups is 3. The van der Waals surface area contributed by atoms with Crippen LogP contribution in [0.3, 0.4) is 0 Å². The molecule has 0 aliphatic rings. The number of pyridine rings is 1. The Labute approximate surface area is 262 Å². The molecule has 0 fully saturated rings. The van der Waals surface area contributed by atoms with Gasteiger partial charge in [-0.05, 0) is 60.6 Å². The van der Waals surface area contributed by atoms with Crippen LogP contribution in [0.2, 0.25) is 0 Å². The minimum atomic E-state index is -1.64. The lowest BCUT2D eigenvalue weighted by Gasteiger charge is -2.32. The van der Waals surface area contributed by atoms with E-state index in [1.165, 1.54) is 21.6 Å². The molecule has 1 unspecified atom stereocenters. The van der Waals surface area contributed by atoms with Crippen LogP contribution in [0.15, 0.2) is 83.8 Å². The van der Waals surface area contributed by atoms with Crippen LogP contribution in [-0.2, 0) is 29.0 Å². The van der Waals surface area contributed by atoms with Crippen molar-refractivity contribution in [2.75, 3.05) is 19.4 Å². The number of allylic oxidation sites excluding steroid dienone is 1. The van der Waals surface area contributed by atoms with Crippen LogP contribution < -0.4 is 16.2 Å². The summed E-state index contributed by atoms with van der Waals surface area (Å²) in [6, 6.07) is 18.1. The first kappa shape index (κ1) is 32.7. The molecular formula is C34H40N6O5. The number of rotatable bonds is 13. The number of H-pyrrole nitrogens is 1. The van der Waals surface area contributed by atoms with Gasteiger partial charge in [0.1, 0.15) is 17.1 Å². The third kappa shape index (κ3) is 8.47. The minimum Gasteiger partial charge on any atom is -0.465 e. The number of benzene rings is 2. The van der Waals surface area contributed by atoms with Crippen molar-refractivity contribution < 1.29 is 19.5 Å². The standard InChI is InChI=1S/C34H40N6O5/c1-23(2)20-25-14-10-15-26-30(25)37-28(35-26)22-40-19-11-16-27(31(40)42)36-32(43)34(38-33(44)45,21-24-12-6-5-7-13-24)18-9-8-17-29(41)39(3)4/h5-8,10-17,19,23,38H,9,18,20-22H2,1-4H3,(H,35,37)(H,36,43)(H,44,45)/b17-8+. The summed E-state index contributed by atoms with van der Waals surface area (Å²) >= 11 is 0. The highest BCUT2D eigenvalue weighted by Crippen LogP contribution is 2.23. The summed E-state index contributed by atoms with van der Waals surface area (Å²) in [6.07, 6.45) is 4.38. The average molecular weight is 613 g/mol. The molecule has 4 N–H and O–H groups in total. The second kappa shape index (κ2) is 14.5. The van der Waals surface area contributed by atoms with Gasteiger partial charge >= 0.3 is 6.09 Å². The van der Waals surface area contributed by atoms with Crippen molar-refractivity contribution in [2.45, 2.75) is 51.6 Å². The van der Waals surface area contributed by atoms with Crippen molar-refractivity contribution in [3.63, 3.8) is 0 Å². The molecule has 0 aliphatic heterocycles. The predicted octanol–water partition coefficient (Wildman–Crippen LogP) is 4.58. The maximum atomic E-state index is 14.0. The Bertz CT molecular complexity index is 1740. The Hall–Kier alpha value is -5.19. The lowest BCUT2D eigenvalue weighted by Crippen LogP contribution is -2.58. The van der Waals surface area contributed by atoms with Crippen molar-refractivity contribution in [3.05, 3.63) is 106 Å². The zero-order valence-corrected chi connectivity index (χ0v) is 26.0. The Balaban J connectivity index is 1.62. The molecule has 0 bridgehead atoms. The van der Waals surface area contributed by atoms with Crippen molar-refractivity contribution >= 4 is 34.6 Å². The summed E-state index contributed by atoms with van der Waals surface area (Å²) in [6.45, 7) is 4.44. The SMILES string of the molecule is CC(C)Cc1cccc2[nH]c(Cn3cccc(NC(=O)C(CC/C=C/C(=O)N(C)C)(Cc4ccccc4)NC(=O)O)c3=O)nc12. The Kier molecular flexibility index (Phi) is 10.6. The molecule has 11 nitrogen and oxygen atoms in total. The predicted molar refractivity (Wildman–Crippen MR) is 174 cm³/mol. The monoisotopic (exact) mass is 612 g/mol. The molecule has 2 aromatic carbocycles. The summed E-state index contributed by atoms with van der Waals surface area (Å²) in [5.41, 5.74) is 1.49. The van der Waals surface area contributed by atoms with E-state index in [4.69, 9.17) is 4.98 Å². The van der Waals surface area contributed by atoms with Gasteiger partial charge in [0.05, 0.1) is 17.6 Å². The topological polar surface area (TPSA) is 149 Å². The van der Waals surface area contributed by atoms with Gasteiger partial charge in [-0.3, -0.25) is 14.4 Å². The van der Waals surface area contributed by atoms with Crippen LogP contribution in [0.4, 0.5) is 10.5 Å². The van der Waals surface area contributed by atoms with Gasteiger partial charge in [0.15, 0.2) is 0 Å². The van der Waals surface area contributed by atoms with E-state index in [1.807, 2.05) is 18.2 Å². The molecular weight excluding hydrogens is 572 g/mol. The largest absolute Gasteiger partial charge is 0.465 e. The molecule has 0 spiro atoms. The van der Waals surface area contributed by atoms with E-state index in [0.717, 1.165) is 28.6 Å². The van der Waals surface area contributed by atoms with Crippen LogP contribution in [0.25, 0.3) is 11.0 Å². The van der Waals surface area contributed by atoms with Gasteiger partial charge in [-0.1, -0.05) is 62.4 Å². The molecule has 2 aromatic heterocycles. The van der Waals surface area contributed by atoms with Gasteiger partial charge in [0, 0.05) is 26.7 Å². The number of imidazole rings is 1. The van der Waals surface area contributed by atoms with Crippen LogP contribution in [-0.4, -0.2) is 62.1 Å². The lowest BCUT2D eigenvalue weighted by molar-refractivity contribution is -0.123. The molecule has 0 radical (unpaired) electrons. The molecule has 4 rings (SSSR count). The molecule has 236 valence electrons. The maximum Gasteiger partial charge on any atom is 0.405 e. The number of aromatic amines is 1. The van der Waals surface area contributed by atoms with Gasteiger partial charge in [0.25, 0.3) is 11.5 Å². The fraction of sp³-hybridized carbons (Fsp3) is 0.324. The number of fused-ring (bicyclic) bond motifs is 1. The summed E-state index contributed by atoms with van der Waals surface area (Å²) < 4.78 is 1.44. The Morgan fingerprint density at radius 1 is 1.07 bits per heavy atom.